The quantitative estimate of drug-likeness (QED) is 0.720. The zero-order chi connectivity index (χ0) is 16.1. The highest BCUT2D eigenvalue weighted by molar-refractivity contribution is 6.31. The summed E-state index contributed by atoms with van der Waals surface area (Å²) in [5.74, 6) is 1.12. The van der Waals surface area contributed by atoms with Gasteiger partial charge in [-0.25, -0.2) is 9.97 Å². The first-order valence-electron chi connectivity index (χ1n) is 7.56. The third-order valence-corrected chi connectivity index (χ3v) is 5.00. The van der Waals surface area contributed by atoms with Crippen molar-refractivity contribution in [2.75, 3.05) is 5.73 Å². The molecule has 2 unspecified atom stereocenters. The lowest BCUT2D eigenvalue weighted by atomic mass is 10.1. The maximum absolute atomic E-state index is 6.19. The molecule has 1 fully saturated rings. The molecule has 0 aromatic carbocycles. The van der Waals surface area contributed by atoms with Crippen molar-refractivity contribution in [2.24, 2.45) is 7.05 Å². The first-order valence-corrected chi connectivity index (χ1v) is 7.94. The van der Waals surface area contributed by atoms with E-state index in [9.17, 15) is 0 Å². The molecular formula is C14H17ClN8. The monoisotopic (exact) mass is 332 g/mol. The lowest BCUT2D eigenvalue weighted by molar-refractivity contribution is 0.515. The molecule has 9 heteroatoms. The highest BCUT2D eigenvalue weighted by Gasteiger charge is 2.31. The molecule has 1 aliphatic carbocycles. The minimum atomic E-state index is 0.291. The van der Waals surface area contributed by atoms with Crippen molar-refractivity contribution < 1.29 is 0 Å². The molecule has 23 heavy (non-hydrogen) atoms. The minimum absolute atomic E-state index is 0.291. The Bertz CT molecular complexity index is 882. The number of hydrogen-bond donors (Lipinski definition) is 1. The first-order chi connectivity index (χ1) is 11.0. The van der Waals surface area contributed by atoms with E-state index in [1.54, 1.807) is 13.4 Å². The number of hydrogen-bond acceptors (Lipinski definition) is 6. The Morgan fingerprint density at radius 1 is 1.35 bits per heavy atom. The molecule has 2 atom stereocenters. The first kappa shape index (κ1) is 14.4. The van der Waals surface area contributed by atoms with E-state index in [-0.39, 0.29) is 0 Å². The van der Waals surface area contributed by atoms with Gasteiger partial charge in [-0.15, -0.1) is 10.2 Å². The fourth-order valence-corrected chi connectivity index (χ4v) is 3.48. The maximum atomic E-state index is 6.19. The van der Waals surface area contributed by atoms with Crippen molar-refractivity contribution in [1.29, 1.82) is 0 Å². The Morgan fingerprint density at radius 3 is 2.91 bits per heavy atom. The second kappa shape index (κ2) is 5.16. The molecule has 4 rings (SSSR count). The molecule has 0 aliphatic heterocycles. The average Bonchev–Trinajstić information content (AvgIpc) is 3.23. The number of nitrogens with zero attached hydrogens (tertiary/aromatic N) is 7. The number of anilines is 1. The topological polar surface area (TPSA) is 100 Å². The van der Waals surface area contributed by atoms with Gasteiger partial charge in [0, 0.05) is 17.5 Å². The number of halogens is 1. The Labute approximate surface area is 137 Å². The van der Waals surface area contributed by atoms with Gasteiger partial charge in [-0.05, 0) is 31.4 Å². The zero-order valence-electron chi connectivity index (χ0n) is 12.9. The van der Waals surface area contributed by atoms with Crippen LogP contribution in [-0.4, -0.2) is 34.7 Å². The Morgan fingerprint density at radius 2 is 2.17 bits per heavy atom. The number of tetrazole rings is 1. The van der Waals surface area contributed by atoms with Crippen LogP contribution in [0.2, 0.25) is 5.15 Å². The summed E-state index contributed by atoms with van der Waals surface area (Å²) in [4.78, 5) is 10.4. The van der Waals surface area contributed by atoms with Crippen molar-refractivity contribution in [3.8, 4) is 0 Å². The highest BCUT2D eigenvalue weighted by Crippen LogP contribution is 2.41. The van der Waals surface area contributed by atoms with Gasteiger partial charge in [0.1, 0.15) is 10.7 Å². The average molecular weight is 333 g/mol. The molecule has 0 bridgehead atoms. The lowest BCUT2D eigenvalue weighted by Gasteiger charge is -2.13. The molecule has 3 aromatic rings. The molecule has 2 N–H and O–H groups in total. The third kappa shape index (κ3) is 2.24. The molecule has 1 aliphatic rings. The van der Waals surface area contributed by atoms with E-state index in [1.165, 1.54) is 4.80 Å². The van der Waals surface area contributed by atoms with Crippen LogP contribution in [0.1, 0.15) is 42.6 Å². The van der Waals surface area contributed by atoms with E-state index in [1.807, 2.05) is 6.92 Å². The van der Waals surface area contributed by atoms with E-state index in [4.69, 9.17) is 17.3 Å². The van der Waals surface area contributed by atoms with Crippen LogP contribution in [0.3, 0.4) is 0 Å². The fourth-order valence-electron chi connectivity index (χ4n) is 3.30. The smallest absolute Gasteiger partial charge is 0.177 e. The van der Waals surface area contributed by atoms with Gasteiger partial charge in [0.25, 0.3) is 0 Å². The van der Waals surface area contributed by atoms with Crippen LogP contribution in [0.15, 0.2) is 6.33 Å². The summed E-state index contributed by atoms with van der Waals surface area (Å²) in [5, 5.41) is 12.8. The van der Waals surface area contributed by atoms with E-state index in [0.29, 0.717) is 28.3 Å². The van der Waals surface area contributed by atoms with Crippen LogP contribution < -0.4 is 5.73 Å². The number of imidazole rings is 1. The summed E-state index contributed by atoms with van der Waals surface area (Å²) in [7, 11) is 1.78. The second-order valence-corrected chi connectivity index (χ2v) is 6.42. The summed E-state index contributed by atoms with van der Waals surface area (Å²) in [6.07, 6.45) is 4.78. The number of nitrogen functional groups attached to an aromatic ring is 1. The number of aromatic nitrogens is 7. The summed E-state index contributed by atoms with van der Waals surface area (Å²) >= 11 is 6.19. The van der Waals surface area contributed by atoms with Crippen LogP contribution in [-0.2, 0) is 7.05 Å². The Balaban J connectivity index is 1.68. The summed E-state index contributed by atoms with van der Waals surface area (Å²) < 4.78 is 2.08. The van der Waals surface area contributed by atoms with E-state index in [0.717, 1.165) is 36.3 Å². The second-order valence-electron chi connectivity index (χ2n) is 6.07. The van der Waals surface area contributed by atoms with Crippen LogP contribution >= 0.6 is 11.6 Å². The van der Waals surface area contributed by atoms with Gasteiger partial charge < -0.3 is 10.3 Å². The molecule has 0 radical (unpaired) electrons. The van der Waals surface area contributed by atoms with E-state index >= 15 is 0 Å². The largest absolute Gasteiger partial charge is 0.397 e. The fraction of sp³-hybridized carbons (Fsp3) is 0.500. The summed E-state index contributed by atoms with van der Waals surface area (Å²) in [6.45, 7) is 1.86. The summed E-state index contributed by atoms with van der Waals surface area (Å²) in [5.41, 5.74) is 8.96. The van der Waals surface area contributed by atoms with Crippen molar-refractivity contribution in [3.63, 3.8) is 0 Å². The normalized spacial score (nSPS) is 21.3. The number of nitrogens with two attached hydrogens (primary N) is 1. The molecule has 3 heterocycles. The van der Waals surface area contributed by atoms with Gasteiger partial charge in [-0.2, -0.15) is 4.80 Å². The molecule has 8 nitrogen and oxygen atoms in total. The van der Waals surface area contributed by atoms with Crippen molar-refractivity contribution in [2.45, 2.75) is 38.1 Å². The SMILES string of the molecule is Cc1c(Cl)nc2c(ncn2C2CCC(c3nnn(C)n3)C2)c1N. The van der Waals surface area contributed by atoms with Gasteiger partial charge in [-0.3, -0.25) is 0 Å². The van der Waals surface area contributed by atoms with Gasteiger partial charge >= 0.3 is 0 Å². The molecule has 3 aromatic heterocycles. The lowest BCUT2D eigenvalue weighted by Crippen LogP contribution is -2.06. The maximum Gasteiger partial charge on any atom is 0.177 e. The molecule has 0 saturated heterocycles. The highest BCUT2D eigenvalue weighted by atomic mass is 35.5. The molecular weight excluding hydrogens is 316 g/mol. The van der Waals surface area contributed by atoms with E-state index in [2.05, 4.69) is 29.9 Å². The molecule has 0 spiro atoms. The minimum Gasteiger partial charge on any atom is -0.397 e. The van der Waals surface area contributed by atoms with Crippen LogP contribution in [0.5, 0.6) is 0 Å². The number of rotatable bonds is 2. The Kier molecular flexibility index (Phi) is 3.22. The van der Waals surface area contributed by atoms with Crippen LogP contribution in [0, 0.1) is 6.92 Å². The van der Waals surface area contributed by atoms with Crippen LogP contribution in [0.25, 0.3) is 11.2 Å². The Hall–Kier alpha value is -2.22. The number of fused-ring (bicyclic) bond motifs is 1. The van der Waals surface area contributed by atoms with Crippen molar-refractivity contribution in [3.05, 3.63) is 22.9 Å². The number of pyridine rings is 1. The molecule has 0 amide bonds. The van der Waals surface area contributed by atoms with Gasteiger partial charge in [-0.1, -0.05) is 11.6 Å². The summed E-state index contributed by atoms with van der Waals surface area (Å²) in [6, 6.07) is 0.291. The predicted octanol–water partition coefficient (Wildman–Crippen LogP) is 2.01. The number of aryl methyl sites for hydroxylation is 1. The van der Waals surface area contributed by atoms with Gasteiger partial charge in [0.15, 0.2) is 11.5 Å². The molecule has 120 valence electrons. The standard InChI is InChI=1S/C14H17ClN8/c1-7-10(16)11-14(18-12(7)15)23(6-17-11)9-4-3-8(5-9)13-19-21-22(2)20-13/h6,8-9H,3-5H2,1-2H3,(H2,16,18). The van der Waals surface area contributed by atoms with Crippen molar-refractivity contribution in [1.82, 2.24) is 34.7 Å². The van der Waals surface area contributed by atoms with E-state index < -0.39 is 0 Å². The van der Waals surface area contributed by atoms with Gasteiger partial charge in [0.05, 0.1) is 19.1 Å². The van der Waals surface area contributed by atoms with Crippen LogP contribution in [0.4, 0.5) is 5.69 Å². The zero-order valence-corrected chi connectivity index (χ0v) is 13.7. The third-order valence-electron chi connectivity index (χ3n) is 4.63. The molecule has 1 saturated carbocycles. The van der Waals surface area contributed by atoms with Gasteiger partial charge in [0.2, 0.25) is 0 Å². The predicted molar refractivity (Wildman–Crippen MR) is 86.1 cm³/mol. The van der Waals surface area contributed by atoms with Crippen molar-refractivity contribution >= 4 is 28.5 Å².